The van der Waals surface area contributed by atoms with E-state index in [-0.39, 0.29) is 11.8 Å². The van der Waals surface area contributed by atoms with E-state index in [0.717, 1.165) is 50.2 Å². The van der Waals surface area contributed by atoms with Crippen molar-refractivity contribution in [3.05, 3.63) is 11.4 Å². The summed E-state index contributed by atoms with van der Waals surface area (Å²) in [6, 6.07) is 0. The zero-order valence-corrected chi connectivity index (χ0v) is 13.6. The van der Waals surface area contributed by atoms with E-state index in [1.54, 1.807) is 0 Å². The van der Waals surface area contributed by atoms with Crippen molar-refractivity contribution >= 4 is 12.0 Å². The van der Waals surface area contributed by atoms with Crippen LogP contribution < -0.4 is 0 Å². The zero-order valence-electron chi connectivity index (χ0n) is 13.6. The SMILES string of the molecule is O=C(O)N1CCC2CN(C(=O)C3CCc4n[nH]nc4C3)CC2CC1. The number of fused-ring (bicyclic) bond motifs is 2. The molecule has 0 bridgehead atoms. The van der Waals surface area contributed by atoms with E-state index >= 15 is 0 Å². The lowest BCUT2D eigenvalue weighted by molar-refractivity contribution is -0.135. The van der Waals surface area contributed by atoms with Gasteiger partial charge in [0, 0.05) is 38.5 Å². The minimum absolute atomic E-state index is 0.0143. The summed E-state index contributed by atoms with van der Waals surface area (Å²) in [5, 5.41) is 20.1. The molecule has 3 aliphatic rings. The van der Waals surface area contributed by atoms with E-state index in [1.807, 2.05) is 4.90 Å². The molecule has 2 saturated heterocycles. The number of carbonyl (C=O) groups excluding carboxylic acids is 1. The zero-order chi connectivity index (χ0) is 16.7. The highest BCUT2D eigenvalue weighted by atomic mass is 16.4. The molecule has 130 valence electrons. The van der Waals surface area contributed by atoms with Crippen LogP contribution in [0.5, 0.6) is 0 Å². The number of carboxylic acid groups (broad SMARTS) is 1. The number of rotatable bonds is 1. The molecule has 2 N–H and O–H groups in total. The molecule has 0 aromatic carbocycles. The van der Waals surface area contributed by atoms with Crippen LogP contribution in [0, 0.1) is 17.8 Å². The van der Waals surface area contributed by atoms with Crippen molar-refractivity contribution in [3.63, 3.8) is 0 Å². The highest BCUT2D eigenvalue weighted by Gasteiger charge is 2.40. The molecule has 8 heteroatoms. The second-order valence-electron chi connectivity index (χ2n) is 7.27. The number of aryl methyl sites for hydroxylation is 1. The highest BCUT2D eigenvalue weighted by molar-refractivity contribution is 5.79. The normalized spacial score (nSPS) is 29.8. The fourth-order valence-electron chi connectivity index (χ4n) is 4.47. The Morgan fingerprint density at radius 3 is 2.33 bits per heavy atom. The van der Waals surface area contributed by atoms with Gasteiger partial charge in [-0.3, -0.25) is 4.79 Å². The summed E-state index contributed by atoms with van der Waals surface area (Å²) in [5.41, 5.74) is 1.93. The molecule has 3 unspecified atom stereocenters. The monoisotopic (exact) mass is 333 g/mol. The van der Waals surface area contributed by atoms with Gasteiger partial charge in [-0.15, -0.1) is 0 Å². The Labute approximate surface area is 140 Å². The Morgan fingerprint density at radius 1 is 1.00 bits per heavy atom. The number of amides is 2. The summed E-state index contributed by atoms with van der Waals surface area (Å²) in [6.07, 6.45) is 3.24. The number of hydrogen-bond donors (Lipinski definition) is 2. The van der Waals surface area contributed by atoms with Crippen LogP contribution in [0.1, 0.15) is 30.7 Å². The second kappa shape index (κ2) is 6.07. The van der Waals surface area contributed by atoms with Gasteiger partial charge < -0.3 is 14.9 Å². The van der Waals surface area contributed by atoms with Gasteiger partial charge in [0.25, 0.3) is 0 Å². The van der Waals surface area contributed by atoms with Gasteiger partial charge in [-0.25, -0.2) is 4.79 Å². The van der Waals surface area contributed by atoms with Crippen molar-refractivity contribution in [2.75, 3.05) is 26.2 Å². The third kappa shape index (κ3) is 2.74. The summed E-state index contributed by atoms with van der Waals surface area (Å²) in [7, 11) is 0. The van der Waals surface area contributed by atoms with Gasteiger partial charge in [0.15, 0.2) is 0 Å². The van der Waals surface area contributed by atoms with Crippen molar-refractivity contribution in [2.24, 2.45) is 17.8 Å². The van der Waals surface area contributed by atoms with Crippen LogP contribution >= 0.6 is 0 Å². The molecule has 2 fully saturated rings. The first kappa shape index (κ1) is 15.4. The smallest absolute Gasteiger partial charge is 0.407 e. The number of nitrogens with one attached hydrogen (secondary N) is 1. The average molecular weight is 333 g/mol. The molecule has 8 nitrogen and oxygen atoms in total. The molecule has 0 saturated carbocycles. The van der Waals surface area contributed by atoms with E-state index in [4.69, 9.17) is 5.11 Å². The van der Waals surface area contributed by atoms with Crippen molar-refractivity contribution in [1.29, 1.82) is 0 Å². The molecule has 1 aliphatic carbocycles. The van der Waals surface area contributed by atoms with E-state index in [2.05, 4.69) is 15.4 Å². The van der Waals surface area contributed by atoms with Crippen LogP contribution in [0.25, 0.3) is 0 Å². The maximum absolute atomic E-state index is 12.9. The summed E-state index contributed by atoms with van der Waals surface area (Å²) in [4.78, 5) is 27.6. The van der Waals surface area contributed by atoms with E-state index in [1.165, 1.54) is 4.90 Å². The predicted octanol–water partition coefficient (Wildman–Crippen LogP) is 0.758. The van der Waals surface area contributed by atoms with Crippen LogP contribution in [0.2, 0.25) is 0 Å². The number of carbonyl (C=O) groups is 2. The number of nitrogens with zero attached hydrogens (tertiary/aromatic N) is 4. The second-order valence-corrected chi connectivity index (χ2v) is 7.27. The average Bonchev–Trinajstić information content (AvgIpc) is 3.15. The molecular formula is C16H23N5O3. The van der Waals surface area contributed by atoms with Gasteiger partial charge in [-0.05, 0) is 37.5 Å². The van der Waals surface area contributed by atoms with E-state index < -0.39 is 6.09 Å². The Morgan fingerprint density at radius 2 is 1.67 bits per heavy atom. The van der Waals surface area contributed by atoms with E-state index in [0.29, 0.717) is 31.3 Å². The third-order valence-electron chi connectivity index (χ3n) is 5.92. The molecule has 0 spiro atoms. The fraction of sp³-hybridized carbons (Fsp3) is 0.750. The summed E-state index contributed by atoms with van der Waals surface area (Å²) in [6.45, 7) is 2.73. The van der Waals surface area contributed by atoms with Gasteiger partial charge in [0.05, 0.1) is 11.4 Å². The Balaban J connectivity index is 1.37. The van der Waals surface area contributed by atoms with Crippen molar-refractivity contribution < 1.29 is 14.7 Å². The van der Waals surface area contributed by atoms with Crippen LogP contribution in [0.15, 0.2) is 0 Å². The summed E-state index contributed by atoms with van der Waals surface area (Å²) >= 11 is 0. The Bertz CT molecular complexity index is 629. The minimum atomic E-state index is -0.825. The third-order valence-corrected chi connectivity index (χ3v) is 5.92. The highest BCUT2D eigenvalue weighted by Crippen LogP contribution is 2.34. The number of aromatic nitrogens is 3. The van der Waals surface area contributed by atoms with Gasteiger partial charge in [-0.1, -0.05) is 0 Å². The maximum Gasteiger partial charge on any atom is 0.407 e. The molecule has 4 rings (SSSR count). The lowest BCUT2D eigenvalue weighted by Crippen LogP contribution is -2.38. The predicted molar refractivity (Wildman–Crippen MR) is 84.3 cm³/mol. The number of H-pyrrole nitrogens is 1. The Hall–Kier alpha value is -2.12. The number of hydrogen-bond acceptors (Lipinski definition) is 4. The molecule has 1 aromatic heterocycles. The molecule has 0 radical (unpaired) electrons. The summed E-state index contributed by atoms with van der Waals surface area (Å²) in [5.74, 6) is 1.13. The summed E-state index contributed by atoms with van der Waals surface area (Å²) < 4.78 is 0. The molecule has 2 amide bonds. The first-order valence-corrected chi connectivity index (χ1v) is 8.77. The lowest BCUT2D eigenvalue weighted by atomic mass is 9.89. The topological polar surface area (TPSA) is 102 Å². The molecule has 3 heterocycles. The molecule has 3 atom stereocenters. The quantitative estimate of drug-likeness (QED) is 0.790. The molecular weight excluding hydrogens is 310 g/mol. The van der Waals surface area contributed by atoms with Crippen molar-refractivity contribution in [3.8, 4) is 0 Å². The van der Waals surface area contributed by atoms with Crippen LogP contribution in [-0.2, 0) is 17.6 Å². The van der Waals surface area contributed by atoms with Gasteiger partial charge >= 0.3 is 6.09 Å². The van der Waals surface area contributed by atoms with Gasteiger partial charge in [0.1, 0.15) is 0 Å². The van der Waals surface area contributed by atoms with E-state index in [9.17, 15) is 9.59 Å². The largest absolute Gasteiger partial charge is 0.465 e. The first-order chi connectivity index (χ1) is 11.6. The van der Waals surface area contributed by atoms with Crippen LogP contribution in [0.4, 0.5) is 4.79 Å². The van der Waals surface area contributed by atoms with Gasteiger partial charge in [0.2, 0.25) is 5.91 Å². The standard InChI is InChI=1S/C16H23N5O3/c22-15(10-1-2-13-14(7-10)18-19-17-13)21-8-11-3-5-20(16(23)24)6-4-12(11)9-21/h10-12H,1-9H2,(H,23,24)(H,17,18,19). The van der Waals surface area contributed by atoms with Crippen LogP contribution in [0.3, 0.4) is 0 Å². The first-order valence-electron chi connectivity index (χ1n) is 8.77. The van der Waals surface area contributed by atoms with Crippen molar-refractivity contribution in [1.82, 2.24) is 25.2 Å². The molecule has 2 aliphatic heterocycles. The lowest BCUT2D eigenvalue weighted by Gasteiger charge is -2.26. The van der Waals surface area contributed by atoms with Crippen molar-refractivity contribution in [2.45, 2.75) is 32.1 Å². The van der Waals surface area contributed by atoms with Gasteiger partial charge in [-0.2, -0.15) is 15.4 Å². The Kier molecular flexibility index (Phi) is 3.90. The number of aromatic amines is 1. The number of likely N-dealkylation sites (tertiary alicyclic amines) is 2. The molecule has 1 aromatic rings. The minimum Gasteiger partial charge on any atom is -0.465 e. The maximum atomic E-state index is 12.9. The fourth-order valence-corrected chi connectivity index (χ4v) is 4.47. The molecule has 24 heavy (non-hydrogen) atoms. The van der Waals surface area contributed by atoms with Crippen LogP contribution in [-0.4, -0.2) is 68.5 Å².